The van der Waals surface area contributed by atoms with Crippen molar-refractivity contribution in [3.05, 3.63) is 41.9 Å². The number of carbonyl (C=O) groups is 2. The van der Waals surface area contributed by atoms with Crippen LogP contribution in [0, 0.1) is 0 Å². The first-order chi connectivity index (χ1) is 14.5. The van der Waals surface area contributed by atoms with Crippen molar-refractivity contribution in [2.24, 2.45) is 0 Å². The van der Waals surface area contributed by atoms with E-state index in [-0.39, 0.29) is 11.8 Å². The minimum atomic E-state index is -0.106. The number of nitrogens with one attached hydrogen (secondary N) is 2. The van der Waals surface area contributed by atoms with Crippen LogP contribution in [-0.4, -0.2) is 70.8 Å². The van der Waals surface area contributed by atoms with Crippen LogP contribution in [0.5, 0.6) is 17.2 Å². The van der Waals surface area contributed by atoms with Gasteiger partial charge in [0.1, 0.15) is 0 Å². The molecular formula is C21H28N3O6+. The van der Waals surface area contributed by atoms with E-state index in [2.05, 4.69) is 5.32 Å². The van der Waals surface area contributed by atoms with Crippen molar-refractivity contribution in [2.45, 2.75) is 6.54 Å². The molecule has 0 spiro atoms. The second kappa shape index (κ2) is 10.0. The van der Waals surface area contributed by atoms with Gasteiger partial charge in [-0.1, -0.05) is 0 Å². The van der Waals surface area contributed by atoms with Gasteiger partial charge < -0.3 is 33.7 Å². The number of hydrogen-bond donors (Lipinski definition) is 2. The summed E-state index contributed by atoms with van der Waals surface area (Å²) in [6, 6.07) is 6.99. The number of furan rings is 1. The van der Waals surface area contributed by atoms with Crippen molar-refractivity contribution < 1.29 is 33.1 Å². The Morgan fingerprint density at radius 3 is 2.30 bits per heavy atom. The molecule has 1 aliphatic rings. The van der Waals surface area contributed by atoms with Gasteiger partial charge in [-0.2, -0.15) is 0 Å². The molecule has 9 heteroatoms. The van der Waals surface area contributed by atoms with Gasteiger partial charge in [-0.15, -0.1) is 0 Å². The number of nitrogens with zero attached hydrogens (tertiary/aromatic N) is 1. The lowest BCUT2D eigenvalue weighted by Crippen LogP contribution is -3.15. The number of amides is 2. The largest absolute Gasteiger partial charge is 0.493 e. The molecule has 2 amide bonds. The van der Waals surface area contributed by atoms with Crippen LogP contribution in [-0.2, 0) is 11.3 Å². The highest BCUT2D eigenvalue weighted by Crippen LogP contribution is 2.38. The second-order valence-electron chi connectivity index (χ2n) is 7.01. The third-order valence-electron chi connectivity index (χ3n) is 5.11. The minimum absolute atomic E-state index is 0.0513. The first-order valence-corrected chi connectivity index (χ1v) is 9.77. The van der Waals surface area contributed by atoms with Crippen LogP contribution < -0.4 is 24.4 Å². The van der Waals surface area contributed by atoms with Crippen LogP contribution in [0.25, 0.3) is 0 Å². The predicted octanol–water partition coefficient (Wildman–Crippen LogP) is -0.0375. The molecule has 1 saturated heterocycles. The molecule has 0 bridgehead atoms. The maximum Gasteiger partial charge on any atom is 0.289 e. The molecule has 2 N–H and O–H groups in total. The number of quaternary nitrogens is 1. The van der Waals surface area contributed by atoms with E-state index in [0.717, 1.165) is 10.5 Å². The molecule has 1 aromatic carbocycles. The van der Waals surface area contributed by atoms with Gasteiger partial charge >= 0.3 is 0 Å². The van der Waals surface area contributed by atoms with E-state index in [4.69, 9.17) is 18.6 Å². The zero-order valence-corrected chi connectivity index (χ0v) is 17.5. The summed E-state index contributed by atoms with van der Waals surface area (Å²) in [7, 11) is 4.66. The Kier molecular flexibility index (Phi) is 7.18. The number of rotatable bonds is 8. The summed E-state index contributed by atoms with van der Waals surface area (Å²) in [5, 5.41) is 2.94. The van der Waals surface area contributed by atoms with Gasteiger partial charge in [0.25, 0.3) is 11.8 Å². The third kappa shape index (κ3) is 5.04. The molecule has 1 fully saturated rings. The second-order valence-corrected chi connectivity index (χ2v) is 7.01. The van der Waals surface area contributed by atoms with E-state index < -0.39 is 0 Å². The molecule has 9 nitrogen and oxygen atoms in total. The molecule has 0 saturated carbocycles. The monoisotopic (exact) mass is 418 g/mol. The smallest absolute Gasteiger partial charge is 0.289 e. The Hall–Kier alpha value is -3.20. The number of methoxy groups -OCH3 is 3. The molecule has 3 rings (SSSR count). The lowest BCUT2D eigenvalue weighted by molar-refractivity contribution is -0.896. The summed E-state index contributed by atoms with van der Waals surface area (Å²) in [6.07, 6.45) is 1.49. The Labute approximate surface area is 175 Å². The standard InChI is InChI=1S/C21H27N3O6/c1-27-17-11-15(12-18(28-2)20(17)29-3)13-22-19(25)14-23-6-8-24(9-7-23)21(26)16-5-4-10-30-16/h4-5,10-12H,6-9,13-14H2,1-3H3,(H,22,25)/p+1. The molecule has 30 heavy (non-hydrogen) atoms. The number of hydrogen-bond acceptors (Lipinski definition) is 6. The van der Waals surface area contributed by atoms with Crippen molar-refractivity contribution in [2.75, 3.05) is 54.1 Å². The van der Waals surface area contributed by atoms with E-state index in [9.17, 15) is 9.59 Å². The zero-order chi connectivity index (χ0) is 21.5. The van der Waals surface area contributed by atoms with Gasteiger partial charge in [0.05, 0.1) is 53.8 Å². The normalized spacial score (nSPS) is 14.3. The van der Waals surface area contributed by atoms with Gasteiger partial charge in [0, 0.05) is 6.54 Å². The van der Waals surface area contributed by atoms with E-state index in [1.165, 1.54) is 6.26 Å². The summed E-state index contributed by atoms with van der Waals surface area (Å²) in [5.74, 6) is 1.80. The lowest BCUT2D eigenvalue weighted by Gasteiger charge is -2.31. The molecule has 0 aliphatic carbocycles. The Morgan fingerprint density at radius 1 is 1.10 bits per heavy atom. The molecule has 1 aliphatic heterocycles. The van der Waals surface area contributed by atoms with Gasteiger partial charge in [-0.25, -0.2) is 0 Å². The number of ether oxygens (including phenoxy) is 3. The summed E-state index contributed by atoms with van der Waals surface area (Å²) < 4.78 is 21.2. The molecule has 0 atom stereocenters. The fourth-order valence-corrected chi connectivity index (χ4v) is 3.49. The van der Waals surface area contributed by atoms with Gasteiger partial charge in [-0.3, -0.25) is 9.59 Å². The topological polar surface area (TPSA) is 94.7 Å². The van der Waals surface area contributed by atoms with Crippen LogP contribution in [0.2, 0.25) is 0 Å². The van der Waals surface area contributed by atoms with Crippen molar-refractivity contribution in [3.63, 3.8) is 0 Å². The van der Waals surface area contributed by atoms with Crippen LogP contribution in [0.3, 0.4) is 0 Å². The summed E-state index contributed by atoms with van der Waals surface area (Å²) in [6.45, 7) is 3.32. The molecule has 2 heterocycles. The maximum absolute atomic E-state index is 12.4. The van der Waals surface area contributed by atoms with Crippen LogP contribution in [0.4, 0.5) is 0 Å². The quantitative estimate of drug-likeness (QED) is 0.625. The lowest BCUT2D eigenvalue weighted by atomic mass is 10.1. The van der Waals surface area contributed by atoms with Gasteiger partial charge in [0.15, 0.2) is 23.8 Å². The Bertz CT molecular complexity index is 835. The SMILES string of the molecule is COc1cc(CNC(=O)C[NH+]2CCN(C(=O)c3ccco3)CC2)cc(OC)c1OC. The van der Waals surface area contributed by atoms with Crippen molar-refractivity contribution in [3.8, 4) is 17.2 Å². The molecular weight excluding hydrogens is 390 g/mol. The van der Waals surface area contributed by atoms with E-state index in [1.807, 2.05) is 12.1 Å². The first kappa shape index (κ1) is 21.5. The van der Waals surface area contributed by atoms with Gasteiger partial charge in [0.2, 0.25) is 5.75 Å². The van der Waals surface area contributed by atoms with Crippen molar-refractivity contribution in [1.29, 1.82) is 0 Å². The predicted molar refractivity (Wildman–Crippen MR) is 108 cm³/mol. The average Bonchev–Trinajstić information content (AvgIpc) is 3.31. The summed E-state index contributed by atoms with van der Waals surface area (Å²) in [5.41, 5.74) is 0.849. The molecule has 0 radical (unpaired) electrons. The fourth-order valence-electron chi connectivity index (χ4n) is 3.49. The summed E-state index contributed by atoms with van der Waals surface area (Å²) in [4.78, 5) is 27.6. The van der Waals surface area contributed by atoms with Gasteiger partial charge in [-0.05, 0) is 29.8 Å². The highest BCUT2D eigenvalue weighted by Gasteiger charge is 2.27. The highest BCUT2D eigenvalue weighted by molar-refractivity contribution is 5.91. The Balaban J connectivity index is 1.48. The Morgan fingerprint density at radius 2 is 1.77 bits per heavy atom. The number of benzene rings is 1. The maximum atomic E-state index is 12.4. The molecule has 1 aromatic heterocycles. The van der Waals surface area contributed by atoms with E-state index >= 15 is 0 Å². The van der Waals surface area contributed by atoms with Crippen molar-refractivity contribution >= 4 is 11.8 Å². The van der Waals surface area contributed by atoms with Crippen LogP contribution in [0.1, 0.15) is 16.1 Å². The van der Waals surface area contributed by atoms with Crippen LogP contribution >= 0.6 is 0 Å². The van der Waals surface area contributed by atoms with E-state index in [1.54, 1.807) is 38.4 Å². The minimum Gasteiger partial charge on any atom is -0.493 e. The highest BCUT2D eigenvalue weighted by atomic mass is 16.5. The third-order valence-corrected chi connectivity index (χ3v) is 5.11. The van der Waals surface area contributed by atoms with Crippen molar-refractivity contribution in [1.82, 2.24) is 10.2 Å². The molecule has 0 unspecified atom stereocenters. The molecule has 162 valence electrons. The molecule has 2 aromatic rings. The number of piperazine rings is 1. The number of carbonyl (C=O) groups excluding carboxylic acids is 2. The van der Waals surface area contributed by atoms with Crippen LogP contribution in [0.15, 0.2) is 34.9 Å². The van der Waals surface area contributed by atoms with E-state index in [0.29, 0.717) is 62.3 Å². The average molecular weight is 418 g/mol. The summed E-state index contributed by atoms with van der Waals surface area (Å²) >= 11 is 0. The zero-order valence-electron chi connectivity index (χ0n) is 17.5. The fraction of sp³-hybridized carbons (Fsp3) is 0.429. The first-order valence-electron chi connectivity index (χ1n) is 9.77.